The van der Waals surface area contributed by atoms with Crippen LogP contribution >= 0.6 is 59.1 Å². The van der Waals surface area contributed by atoms with Crippen LogP contribution in [0.4, 0.5) is 0 Å². The third kappa shape index (κ3) is 3.24. The van der Waals surface area contributed by atoms with Gasteiger partial charge in [0.1, 0.15) is 11.5 Å². The minimum absolute atomic E-state index is 0.0643. The first kappa shape index (κ1) is 16.3. The lowest BCUT2D eigenvalue weighted by molar-refractivity contribution is 0.397. The summed E-state index contributed by atoms with van der Waals surface area (Å²) in [5.41, 5.74) is 2.28. The number of halogens is 3. The molecule has 1 aromatic carbocycles. The number of hydrogen-bond acceptors (Lipinski definition) is 3. The third-order valence-corrected chi connectivity index (χ3v) is 7.01. The van der Waals surface area contributed by atoms with Gasteiger partial charge in [-0.3, -0.25) is 0 Å². The summed E-state index contributed by atoms with van der Waals surface area (Å²) in [4.78, 5) is 1.28. The van der Waals surface area contributed by atoms with Crippen LogP contribution in [0.2, 0.25) is 0 Å². The molecule has 6 heteroatoms. The minimum atomic E-state index is 0.0643. The first-order valence-electron chi connectivity index (χ1n) is 5.79. The van der Waals surface area contributed by atoms with Gasteiger partial charge in [0.2, 0.25) is 0 Å². The molecular weight excluding hydrogens is 472 g/mol. The molecule has 0 aliphatic rings. The van der Waals surface area contributed by atoms with Gasteiger partial charge in [-0.15, -0.1) is 11.3 Å². The van der Waals surface area contributed by atoms with Crippen molar-refractivity contribution in [1.29, 1.82) is 0 Å². The number of methoxy groups -OCH3 is 2. The Morgan fingerprint density at radius 3 is 2.20 bits per heavy atom. The second-order valence-corrected chi connectivity index (χ2v) is 8.37. The lowest BCUT2D eigenvalue weighted by atomic mass is 10.1. The number of benzene rings is 1. The molecule has 0 aliphatic heterocycles. The van der Waals surface area contributed by atoms with Crippen molar-refractivity contribution >= 4 is 59.1 Å². The van der Waals surface area contributed by atoms with Crippen LogP contribution in [0.3, 0.4) is 0 Å². The predicted molar refractivity (Wildman–Crippen MR) is 94.8 cm³/mol. The zero-order chi connectivity index (χ0) is 14.9. The second kappa shape index (κ2) is 6.81. The Morgan fingerprint density at radius 2 is 1.70 bits per heavy atom. The van der Waals surface area contributed by atoms with E-state index in [0.29, 0.717) is 0 Å². The Bertz CT molecular complexity index is 606. The van der Waals surface area contributed by atoms with Crippen LogP contribution in [0.1, 0.15) is 20.8 Å². The maximum Gasteiger partial charge on any atom is 0.133 e. The van der Waals surface area contributed by atoms with Gasteiger partial charge < -0.3 is 9.47 Å². The van der Waals surface area contributed by atoms with Gasteiger partial charge in [-0.25, -0.2) is 0 Å². The van der Waals surface area contributed by atoms with Crippen LogP contribution in [-0.2, 0) is 0 Å². The van der Waals surface area contributed by atoms with E-state index in [2.05, 4.69) is 60.8 Å². The topological polar surface area (TPSA) is 18.5 Å². The normalized spacial score (nSPS) is 12.3. The molecule has 2 rings (SSSR count). The summed E-state index contributed by atoms with van der Waals surface area (Å²) in [5, 5.41) is 0. The van der Waals surface area contributed by atoms with Crippen LogP contribution in [0, 0.1) is 6.92 Å². The molecule has 1 unspecified atom stereocenters. The lowest BCUT2D eigenvalue weighted by Crippen LogP contribution is -1.97. The van der Waals surface area contributed by atoms with E-state index >= 15 is 0 Å². The van der Waals surface area contributed by atoms with E-state index in [1.165, 1.54) is 10.4 Å². The molecule has 2 aromatic rings. The zero-order valence-electron chi connectivity index (χ0n) is 11.2. The molecule has 0 saturated carbocycles. The molecule has 20 heavy (non-hydrogen) atoms. The Kier molecular flexibility index (Phi) is 5.56. The highest BCUT2D eigenvalue weighted by Gasteiger charge is 2.20. The van der Waals surface area contributed by atoms with Gasteiger partial charge in [0.25, 0.3) is 0 Å². The maximum atomic E-state index is 5.48. The molecule has 0 bridgehead atoms. The van der Waals surface area contributed by atoms with Crippen LogP contribution in [0.15, 0.2) is 26.5 Å². The van der Waals surface area contributed by atoms with E-state index in [1.54, 1.807) is 25.6 Å². The van der Waals surface area contributed by atoms with Crippen molar-refractivity contribution in [3.63, 3.8) is 0 Å². The fraction of sp³-hybridized carbons (Fsp3) is 0.286. The minimum Gasteiger partial charge on any atom is -0.496 e. The van der Waals surface area contributed by atoms with Crippen molar-refractivity contribution in [2.45, 2.75) is 11.8 Å². The van der Waals surface area contributed by atoms with E-state index in [0.717, 1.165) is 25.3 Å². The first-order chi connectivity index (χ1) is 9.47. The summed E-state index contributed by atoms with van der Waals surface area (Å²) < 4.78 is 12.9. The Labute approximate surface area is 147 Å². The van der Waals surface area contributed by atoms with Crippen molar-refractivity contribution < 1.29 is 9.47 Å². The van der Waals surface area contributed by atoms with E-state index in [4.69, 9.17) is 9.47 Å². The Hall–Kier alpha value is -0.0400. The van der Waals surface area contributed by atoms with Crippen molar-refractivity contribution in [2.24, 2.45) is 0 Å². The molecule has 1 atom stereocenters. The first-order valence-corrected chi connectivity index (χ1v) is 9.11. The second-order valence-electron chi connectivity index (χ2n) is 4.20. The SMILES string of the molecule is COc1cc(C(Br)c2cc(C)c(Br)s2)c(OC)cc1Br. The van der Waals surface area contributed by atoms with Crippen LogP contribution in [-0.4, -0.2) is 14.2 Å². The molecule has 1 aromatic heterocycles. The number of rotatable bonds is 4. The van der Waals surface area contributed by atoms with Crippen molar-refractivity contribution in [3.8, 4) is 11.5 Å². The maximum absolute atomic E-state index is 5.48. The average Bonchev–Trinajstić information content (AvgIpc) is 2.77. The lowest BCUT2D eigenvalue weighted by Gasteiger charge is -2.15. The molecule has 1 heterocycles. The molecule has 0 N–H and O–H groups in total. The highest BCUT2D eigenvalue weighted by Crippen LogP contribution is 2.45. The van der Waals surface area contributed by atoms with Gasteiger partial charge in [-0.05, 0) is 62.5 Å². The standard InChI is InChI=1S/C14H13Br3O2S/c1-7-4-12(20-14(7)17)13(16)8-5-11(19-3)9(15)6-10(8)18-2/h4-6,13H,1-3H3. The van der Waals surface area contributed by atoms with Gasteiger partial charge in [0.15, 0.2) is 0 Å². The van der Waals surface area contributed by atoms with Gasteiger partial charge in [0.05, 0.1) is 27.3 Å². The number of alkyl halides is 1. The number of ether oxygens (including phenoxy) is 2. The fourth-order valence-electron chi connectivity index (χ4n) is 1.84. The molecule has 2 nitrogen and oxygen atoms in total. The molecule has 0 amide bonds. The molecular formula is C14H13Br3O2S. The highest BCUT2D eigenvalue weighted by atomic mass is 79.9. The summed E-state index contributed by atoms with van der Waals surface area (Å²) in [5.74, 6) is 1.61. The van der Waals surface area contributed by atoms with E-state index in [9.17, 15) is 0 Å². The number of thiophene rings is 1. The zero-order valence-corrected chi connectivity index (χ0v) is 16.7. The van der Waals surface area contributed by atoms with Crippen molar-refractivity contribution in [3.05, 3.63) is 42.5 Å². The third-order valence-electron chi connectivity index (χ3n) is 2.90. The summed E-state index contributed by atoms with van der Waals surface area (Å²) >= 11 is 12.5. The highest BCUT2D eigenvalue weighted by molar-refractivity contribution is 9.11. The molecule has 0 saturated heterocycles. The van der Waals surface area contributed by atoms with Gasteiger partial charge >= 0.3 is 0 Å². The molecule has 108 valence electrons. The largest absolute Gasteiger partial charge is 0.496 e. The van der Waals surface area contributed by atoms with Crippen LogP contribution in [0.5, 0.6) is 11.5 Å². The quantitative estimate of drug-likeness (QED) is 0.489. The van der Waals surface area contributed by atoms with Crippen molar-refractivity contribution in [1.82, 2.24) is 0 Å². The summed E-state index contributed by atoms with van der Waals surface area (Å²) in [6.45, 7) is 2.09. The summed E-state index contributed by atoms with van der Waals surface area (Å²) in [7, 11) is 3.33. The smallest absolute Gasteiger partial charge is 0.133 e. The summed E-state index contributed by atoms with van der Waals surface area (Å²) in [6, 6.07) is 6.09. The Balaban J connectivity index is 2.49. The van der Waals surface area contributed by atoms with Gasteiger partial charge in [-0.2, -0.15) is 0 Å². The van der Waals surface area contributed by atoms with Crippen LogP contribution in [0.25, 0.3) is 0 Å². The monoisotopic (exact) mass is 482 g/mol. The van der Waals surface area contributed by atoms with Crippen molar-refractivity contribution in [2.75, 3.05) is 14.2 Å². The molecule has 0 radical (unpaired) electrons. The Morgan fingerprint density at radius 1 is 1.05 bits per heavy atom. The van der Waals surface area contributed by atoms with Crippen LogP contribution < -0.4 is 9.47 Å². The molecule has 0 spiro atoms. The predicted octanol–water partition coefficient (Wildman–Crippen LogP) is 6.08. The number of hydrogen-bond donors (Lipinski definition) is 0. The van der Waals surface area contributed by atoms with Gasteiger partial charge in [-0.1, -0.05) is 15.9 Å². The van der Waals surface area contributed by atoms with E-state index in [1.807, 2.05) is 12.1 Å². The fourth-order valence-corrected chi connectivity index (χ4v) is 4.67. The molecule has 0 fully saturated rings. The molecule has 0 aliphatic carbocycles. The van der Waals surface area contributed by atoms with E-state index in [-0.39, 0.29) is 4.83 Å². The van der Waals surface area contributed by atoms with Gasteiger partial charge in [0, 0.05) is 10.4 Å². The average molecular weight is 485 g/mol. The van der Waals surface area contributed by atoms with E-state index < -0.39 is 0 Å². The summed E-state index contributed by atoms with van der Waals surface area (Å²) in [6.07, 6.45) is 0. The number of aryl methyl sites for hydroxylation is 1.